The van der Waals surface area contributed by atoms with E-state index in [0.29, 0.717) is 56.4 Å². The maximum Gasteiger partial charge on any atom is 0.466 e. The van der Waals surface area contributed by atoms with Crippen molar-refractivity contribution in [1.82, 2.24) is 0 Å². The monoisotopic (exact) mass is 1340 g/mol. The molecule has 6 fully saturated rings. The van der Waals surface area contributed by atoms with Crippen molar-refractivity contribution in [3.8, 4) is 57.5 Å². The zero-order valence-corrected chi connectivity index (χ0v) is 51.8. The average molecular weight is 1340 g/mol. The van der Waals surface area contributed by atoms with E-state index in [1.54, 1.807) is 49.4 Å². The number of phenolic OH excluding ortho intramolecular Hbond substituents is 2. The lowest BCUT2D eigenvalue weighted by molar-refractivity contribution is -0.368. The molecule has 4 aromatic carbocycles. The standard InChI is InChI=1S/C32H32O13S.C29H32O13.H3O4P/c1-37-19-6-13(7-20(38-2)25(19)33)23-14-8-17-18(42-12-41-17)9-15(14)28(16-10-39-30(36)24(16)23)44-32-27(35)26(34)29-21(43-32)11-40-31(45-29)22-4-3-5-46-22;1-11-36-9-20-27(40-11)24(31)25(32)29(41-20)42-26-14-7-17-16(38-10-39-17)6-13(14)21(22-15(26)8-37-28(22)33)12-4-18(34-2)23(30)19(5-12)35-3;1-5(2,3)4/h3-9,16,21,23-24,26-29,31-35H,10-12H2,1-2H3;4-7,11,15,20-22,24-27,29-32H,8-10H2,1-3H3;(H3,1,2,3,4)/t16?,21-,23-,24+,26-,27-,28?,29-,31?,32+;11-,15+,20-,21-,22+,24-,25-,26-,27-,29+;/m11./s1. The Labute approximate surface area is 532 Å². The van der Waals surface area contributed by atoms with Gasteiger partial charge in [0.2, 0.25) is 25.1 Å². The Morgan fingerprint density at radius 3 is 1.31 bits per heavy atom. The lowest BCUT2D eigenvalue weighted by atomic mass is 9.66. The van der Waals surface area contributed by atoms with E-state index in [9.17, 15) is 40.2 Å². The van der Waals surface area contributed by atoms with Crippen molar-refractivity contribution in [2.24, 2.45) is 23.7 Å². The molecule has 1 aromatic heterocycles. The van der Waals surface area contributed by atoms with E-state index in [1.807, 2.05) is 23.6 Å². The van der Waals surface area contributed by atoms with E-state index in [0.717, 1.165) is 4.88 Å². The van der Waals surface area contributed by atoms with Crippen LogP contribution in [0.3, 0.4) is 0 Å². The summed E-state index contributed by atoms with van der Waals surface area (Å²) in [7, 11) is 1.08. The van der Waals surface area contributed by atoms with Gasteiger partial charge in [-0.1, -0.05) is 6.07 Å². The van der Waals surface area contributed by atoms with Crippen LogP contribution in [0.1, 0.15) is 75.5 Å². The van der Waals surface area contributed by atoms with Crippen molar-refractivity contribution in [1.29, 1.82) is 0 Å². The highest BCUT2D eigenvalue weighted by Gasteiger charge is 2.59. The zero-order chi connectivity index (χ0) is 65.5. The Hall–Kier alpha value is -6.85. The number of methoxy groups -OCH3 is 4. The van der Waals surface area contributed by atoms with Gasteiger partial charge in [0.15, 0.2) is 71.2 Å². The molecule has 502 valence electrons. The number of aliphatic hydroxyl groups excluding tert-OH is 4. The molecule has 0 saturated carbocycles. The van der Waals surface area contributed by atoms with Gasteiger partial charge in [-0.2, -0.15) is 0 Å². The number of phosphoric acid groups is 1. The van der Waals surface area contributed by atoms with E-state index in [-0.39, 0.29) is 74.5 Å². The number of esters is 2. The maximum absolute atomic E-state index is 13.5. The molecule has 30 nitrogen and oxygen atoms in total. The summed E-state index contributed by atoms with van der Waals surface area (Å²) in [6.45, 7) is 2.10. The van der Waals surface area contributed by atoms with Gasteiger partial charge in [0, 0.05) is 23.7 Å². The summed E-state index contributed by atoms with van der Waals surface area (Å²) in [4.78, 5) is 49.3. The van der Waals surface area contributed by atoms with Crippen LogP contribution < -0.4 is 37.9 Å². The molecular formula is C61H67O30PS. The molecule has 3 unspecified atom stereocenters. The first-order valence-electron chi connectivity index (χ1n) is 29.4. The summed E-state index contributed by atoms with van der Waals surface area (Å²) >= 11 is 1.46. The average Bonchev–Trinajstić information content (AvgIpc) is 1.69. The van der Waals surface area contributed by atoms with Crippen LogP contribution in [0.2, 0.25) is 0 Å². The Morgan fingerprint density at radius 1 is 0.516 bits per heavy atom. The van der Waals surface area contributed by atoms with Gasteiger partial charge in [0.25, 0.3) is 0 Å². The number of benzene rings is 4. The fourth-order valence-electron chi connectivity index (χ4n) is 13.9. The van der Waals surface area contributed by atoms with Gasteiger partial charge in [0.05, 0.1) is 83.8 Å². The SMILES string of the molecule is COc1cc([C@@H]2c3cc4c(cc3C(O[C@@H]3O[C@@H]5COC(c6cccs6)O[C@H]5[C@H](O)[C@H]3O)C3COC(=O)[C@@H]32)OCO4)cc(OC)c1O.COc1cc([C@@H]2c3cc4c(cc3[C@@H](O[C@@H]3O[C@@H]5CO[C@@H](C)O[C@H]5[C@H](O)[C@H]3O)[C@H]3COC(=O)[C@H]23)OCO4)cc(OC)c1O.O=P(O)(O)O. The molecule has 0 amide bonds. The highest BCUT2D eigenvalue weighted by Crippen LogP contribution is 2.60. The molecule has 10 aliphatic rings. The molecule has 93 heavy (non-hydrogen) atoms. The number of hydrogen-bond donors (Lipinski definition) is 9. The minimum atomic E-state index is -4.64. The predicted molar refractivity (Wildman–Crippen MR) is 309 cm³/mol. The highest BCUT2D eigenvalue weighted by atomic mass is 32.1. The third-order valence-electron chi connectivity index (χ3n) is 18.1. The molecule has 0 spiro atoms. The number of hydrogen-bond acceptors (Lipinski definition) is 28. The van der Waals surface area contributed by atoms with Crippen molar-refractivity contribution in [2.45, 2.75) is 105 Å². The minimum absolute atomic E-state index is 0.0242. The summed E-state index contributed by atoms with van der Waals surface area (Å²) in [5, 5.41) is 67.5. The molecule has 9 heterocycles. The van der Waals surface area contributed by atoms with E-state index < -0.39 is 141 Å². The second kappa shape index (κ2) is 26.0. The molecule has 9 N–H and O–H groups in total. The van der Waals surface area contributed by atoms with E-state index in [1.165, 1.54) is 39.8 Å². The van der Waals surface area contributed by atoms with Gasteiger partial charge in [-0.25, -0.2) is 4.57 Å². The number of cyclic esters (lactones) is 2. The van der Waals surface area contributed by atoms with Crippen molar-refractivity contribution < 1.29 is 145 Å². The Morgan fingerprint density at radius 2 is 0.914 bits per heavy atom. The quantitative estimate of drug-likeness (QED) is 0.0677. The van der Waals surface area contributed by atoms with Gasteiger partial charge in [0.1, 0.15) is 48.8 Å². The minimum Gasteiger partial charge on any atom is -0.502 e. The lowest BCUT2D eigenvalue weighted by Gasteiger charge is -2.48. The topological polar surface area (TPSA) is 399 Å². The van der Waals surface area contributed by atoms with Gasteiger partial charge < -0.3 is 131 Å². The summed E-state index contributed by atoms with van der Waals surface area (Å²) in [5.41, 5.74) is 4.01. The number of aromatic hydroxyl groups is 2. The molecule has 5 aromatic rings. The first kappa shape index (κ1) is 64.8. The largest absolute Gasteiger partial charge is 0.502 e. The predicted octanol–water partition coefficient (Wildman–Crippen LogP) is 3.16. The first-order chi connectivity index (χ1) is 44.6. The molecule has 0 radical (unpaired) electrons. The molecule has 8 aliphatic heterocycles. The number of ether oxygens (including phenoxy) is 18. The van der Waals surface area contributed by atoms with E-state index in [4.69, 9.17) is 105 Å². The van der Waals surface area contributed by atoms with E-state index >= 15 is 0 Å². The zero-order valence-electron chi connectivity index (χ0n) is 50.1. The van der Waals surface area contributed by atoms with Crippen LogP contribution in [-0.4, -0.2) is 193 Å². The summed E-state index contributed by atoms with van der Waals surface area (Å²) in [6.07, 6.45) is -14.0. The second-order valence-corrected chi connectivity index (χ2v) is 25.3. The van der Waals surface area contributed by atoms with Crippen LogP contribution in [-0.2, 0) is 61.5 Å². The van der Waals surface area contributed by atoms with Gasteiger partial charge >= 0.3 is 19.8 Å². The number of aliphatic hydroxyl groups is 4. The highest BCUT2D eigenvalue weighted by molar-refractivity contribution is 7.45. The van der Waals surface area contributed by atoms with Crippen molar-refractivity contribution in [3.63, 3.8) is 0 Å². The number of carbonyl (C=O) groups is 2. The number of thiophene rings is 1. The summed E-state index contributed by atoms with van der Waals surface area (Å²) in [5.74, 6) is -2.11. The number of carbonyl (C=O) groups excluding carboxylic acids is 2. The molecule has 32 heteroatoms. The molecule has 6 saturated heterocycles. The van der Waals surface area contributed by atoms with Crippen molar-refractivity contribution in [2.75, 3.05) is 68.5 Å². The van der Waals surface area contributed by atoms with Crippen molar-refractivity contribution >= 4 is 31.1 Å². The molecule has 15 rings (SSSR count). The summed E-state index contributed by atoms with van der Waals surface area (Å²) in [6, 6.07) is 17.6. The molecule has 0 bridgehead atoms. The van der Waals surface area contributed by atoms with Crippen LogP contribution in [0.5, 0.6) is 57.5 Å². The second-order valence-electron chi connectivity index (χ2n) is 23.3. The van der Waals surface area contributed by atoms with E-state index in [2.05, 4.69) is 0 Å². The van der Waals surface area contributed by atoms with Gasteiger partial charge in [-0.05, 0) is 100 Å². The molecule has 2 aliphatic carbocycles. The maximum atomic E-state index is 13.5. The third kappa shape index (κ3) is 12.1. The number of phenols is 2. The normalized spacial score (nSPS) is 34.1. The van der Waals surface area contributed by atoms with Crippen LogP contribution in [0, 0.1) is 23.7 Å². The smallest absolute Gasteiger partial charge is 0.466 e. The first-order valence-corrected chi connectivity index (χ1v) is 31.9. The van der Waals surface area contributed by atoms with Gasteiger partial charge in [-0.3, -0.25) is 9.59 Å². The van der Waals surface area contributed by atoms with Crippen LogP contribution in [0.15, 0.2) is 66.0 Å². The Kier molecular flexibility index (Phi) is 18.2. The van der Waals surface area contributed by atoms with Crippen LogP contribution >= 0.6 is 19.2 Å². The summed E-state index contributed by atoms with van der Waals surface area (Å²) < 4.78 is 113. The Balaban J connectivity index is 0.000000159. The molecule has 20 atom stereocenters. The number of fused-ring (bicyclic) bond motifs is 8. The lowest BCUT2D eigenvalue weighted by Crippen LogP contribution is -2.63. The third-order valence-corrected chi connectivity index (χ3v) is 19.0. The fourth-order valence-corrected chi connectivity index (χ4v) is 14.6. The number of rotatable bonds is 11. The van der Waals surface area contributed by atoms with Gasteiger partial charge in [-0.15, -0.1) is 11.3 Å². The van der Waals surface area contributed by atoms with Crippen molar-refractivity contribution in [3.05, 3.63) is 104 Å². The van der Waals surface area contributed by atoms with Crippen LogP contribution in [0.4, 0.5) is 0 Å². The van der Waals surface area contributed by atoms with Crippen LogP contribution in [0.25, 0.3) is 0 Å². The fraction of sp³-hybridized carbons (Fsp3) is 0.508. The molecular weight excluding hydrogens is 1280 g/mol. The Bertz CT molecular complexity index is 3580.